The van der Waals surface area contributed by atoms with E-state index in [0.29, 0.717) is 12.0 Å². The molecule has 0 spiro atoms. The Kier molecular flexibility index (Phi) is 2.64. The molecule has 1 nitrogen and oxygen atoms in total. The molecule has 2 saturated carbocycles. The lowest BCUT2D eigenvalue weighted by Gasteiger charge is -2.36. The van der Waals surface area contributed by atoms with Gasteiger partial charge in [0.1, 0.15) is 0 Å². The third-order valence-electron chi connectivity index (χ3n) is 4.73. The standard InChI is InChI=1S/C12H22O/c1-10-6-7-11-5-3-2-4-8-12(10,11)9-13/h10-11,13H,2-9H2,1H3/t10-,11-,12+/m1/s1. The third kappa shape index (κ3) is 1.41. The van der Waals surface area contributed by atoms with Crippen molar-refractivity contribution < 1.29 is 5.11 Å². The fraction of sp³-hybridized carbons (Fsp3) is 1.00. The van der Waals surface area contributed by atoms with Gasteiger partial charge in [0.05, 0.1) is 0 Å². The molecule has 0 heterocycles. The van der Waals surface area contributed by atoms with Crippen LogP contribution in [0.3, 0.4) is 0 Å². The van der Waals surface area contributed by atoms with Crippen molar-refractivity contribution in [1.82, 2.24) is 0 Å². The second-order valence-electron chi connectivity index (χ2n) is 5.17. The van der Waals surface area contributed by atoms with Crippen molar-refractivity contribution in [3.8, 4) is 0 Å². The quantitative estimate of drug-likeness (QED) is 0.661. The number of aliphatic hydroxyl groups is 1. The van der Waals surface area contributed by atoms with E-state index >= 15 is 0 Å². The first-order valence-corrected chi connectivity index (χ1v) is 5.90. The van der Waals surface area contributed by atoms with Crippen molar-refractivity contribution in [2.75, 3.05) is 6.61 Å². The predicted molar refractivity (Wildman–Crippen MR) is 54.5 cm³/mol. The first-order valence-electron chi connectivity index (χ1n) is 5.90. The third-order valence-corrected chi connectivity index (χ3v) is 4.73. The van der Waals surface area contributed by atoms with Crippen molar-refractivity contribution in [2.45, 2.75) is 51.9 Å². The minimum absolute atomic E-state index is 0.330. The van der Waals surface area contributed by atoms with Crippen LogP contribution in [0.25, 0.3) is 0 Å². The summed E-state index contributed by atoms with van der Waals surface area (Å²) in [6, 6.07) is 0. The summed E-state index contributed by atoms with van der Waals surface area (Å²) in [5, 5.41) is 9.65. The Morgan fingerprint density at radius 1 is 1.15 bits per heavy atom. The number of fused-ring (bicyclic) bond motifs is 1. The van der Waals surface area contributed by atoms with Crippen LogP contribution in [-0.4, -0.2) is 11.7 Å². The number of hydrogen-bond acceptors (Lipinski definition) is 1. The number of rotatable bonds is 1. The molecular weight excluding hydrogens is 160 g/mol. The summed E-state index contributed by atoms with van der Waals surface area (Å²) in [5.74, 6) is 1.61. The van der Waals surface area contributed by atoms with E-state index < -0.39 is 0 Å². The lowest BCUT2D eigenvalue weighted by molar-refractivity contribution is 0.0412. The summed E-state index contributed by atoms with van der Waals surface area (Å²) in [7, 11) is 0. The van der Waals surface area contributed by atoms with E-state index in [4.69, 9.17) is 0 Å². The Morgan fingerprint density at radius 3 is 2.77 bits per heavy atom. The molecule has 2 aliphatic rings. The van der Waals surface area contributed by atoms with E-state index in [9.17, 15) is 5.11 Å². The Hall–Kier alpha value is -0.0400. The summed E-state index contributed by atoms with van der Waals surface area (Å²) < 4.78 is 0. The Balaban J connectivity index is 2.19. The van der Waals surface area contributed by atoms with Crippen LogP contribution in [0.4, 0.5) is 0 Å². The maximum atomic E-state index is 9.65. The van der Waals surface area contributed by atoms with Crippen LogP contribution in [-0.2, 0) is 0 Å². The van der Waals surface area contributed by atoms with Gasteiger partial charge in [-0.15, -0.1) is 0 Å². The summed E-state index contributed by atoms with van der Waals surface area (Å²) in [4.78, 5) is 0. The molecule has 0 aromatic rings. The van der Waals surface area contributed by atoms with E-state index in [1.54, 1.807) is 0 Å². The van der Waals surface area contributed by atoms with E-state index in [2.05, 4.69) is 6.92 Å². The molecule has 2 fully saturated rings. The average Bonchev–Trinajstić information content (AvgIpc) is 2.38. The van der Waals surface area contributed by atoms with Crippen LogP contribution in [0.15, 0.2) is 0 Å². The molecule has 3 atom stereocenters. The maximum Gasteiger partial charge on any atom is 0.0492 e. The molecule has 0 bridgehead atoms. The largest absolute Gasteiger partial charge is 0.396 e. The zero-order valence-electron chi connectivity index (χ0n) is 8.76. The summed E-state index contributed by atoms with van der Waals surface area (Å²) in [6.45, 7) is 2.79. The first kappa shape index (κ1) is 9.51. The van der Waals surface area contributed by atoms with Gasteiger partial charge >= 0.3 is 0 Å². The molecule has 0 saturated heterocycles. The highest BCUT2D eigenvalue weighted by Gasteiger charge is 2.47. The normalized spacial score (nSPS) is 45.7. The minimum atomic E-state index is 0.330. The molecule has 13 heavy (non-hydrogen) atoms. The average molecular weight is 182 g/mol. The molecule has 2 aliphatic carbocycles. The lowest BCUT2D eigenvalue weighted by Crippen LogP contribution is -2.34. The lowest BCUT2D eigenvalue weighted by atomic mass is 9.70. The molecule has 76 valence electrons. The van der Waals surface area contributed by atoms with Gasteiger partial charge < -0.3 is 5.11 Å². The number of aliphatic hydroxyl groups excluding tert-OH is 1. The van der Waals surface area contributed by atoms with Gasteiger partial charge in [-0.25, -0.2) is 0 Å². The highest BCUT2D eigenvalue weighted by Crippen LogP contribution is 2.54. The van der Waals surface area contributed by atoms with Crippen molar-refractivity contribution in [3.63, 3.8) is 0 Å². The minimum Gasteiger partial charge on any atom is -0.396 e. The van der Waals surface area contributed by atoms with E-state index in [-0.39, 0.29) is 0 Å². The molecule has 0 unspecified atom stereocenters. The zero-order valence-corrected chi connectivity index (χ0v) is 8.76. The first-order chi connectivity index (χ1) is 6.29. The molecule has 0 aromatic carbocycles. The molecule has 2 rings (SSSR count). The van der Waals surface area contributed by atoms with Crippen molar-refractivity contribution in [3.05, 3.63) is 0 Å². The molecular formula is C12H22O. The Labute approximate surface area is 81.5 Å². The van der Waals surface area contributed by atoms with Gasteiger partial charge in [0, 0.05) is 6.61 Å². The molecule has 0 amide bonds. The SMILES string of the molecule is C[C@@H]1CC[C@H]2CCCCC[C@@]21CO. The van der Waals surface area contributed by atoms with Crippen LogP contribution in [0.5, 0.6) is 0 Å². The predicted octanol–water partition coefficient (Wildman–Crippen LogP) is 2.98. The molecule has 0 aliphatic heterocycles. The van der Waals surface area contributed by atoms with E-state index in [1.807, 2.05) is 0 Å². The van der Waals surface area contributed by atoms with E-state index in [1.165, 1.54) is 44.9 Å². The van der Waals surface area contributed by atoms with E-state index in [0.717, 1.165) is 11.8 Å². The second kappa shape index (κ2) is 3.61. The van der Waals surface area contributed by atoms with Crippen LogP contribution >= 0.6 is 0 Å². The fourth-order valence-corrected chi connectivity index (χ4v) is 3.70. The molecule has 0 radical (unpaired) electrons. The van der Waals surface area contributed by atoms with Gasteiger partial charge in [-0.3, -0.25) is 0 Å². The monoisotopic (exact) mass is 182 g/mol. The summed E-state index contributed by atoms with van der Waals surface area (Å²) >= 11 is 0. The zero-order chi connectivity index (χ0) is 9.31. The Bertz CT molecular complexity index is 178. The molecule has 0 aromatic heterocycles. The van der Waals surface area contributed by atoms with Crippen molar-refractivity contribution in [2.24, 2.45) is 17.3 Å². The maximum absolute atomic E-state index is 9.65. The molecule has 1 heteroatoms. The van der Waals surface area contributed by atoms with Gasteiger partial charge in [0.25, 0.3) is 0 Å². The van der Waals surface area contributed by atoms with Crippen molar-refractivity contribution >= 4 is 0 Å². The topological polar surface area (TPSA) is 20.2 Å². The molecule has 1 N–H and O–H groups in total. The van der Waals surface area contributed by atoms with Gasteiger partial charge in [-0.2, -0.15) is 0 Å². The van der Waals surface area contributed by atoms with Crippen LogP contribution < -0.4 is 0 Å². The second-order valence-corrected chi connectivity index (χ2v) is 5.17. The summed E-state index contributed by atoms with van der Waals surface area (Å²) in [6.07, 6.45) is 9.54. The fourth-order valence-electron chi connectivity index (χ4n) is 3.70. The van der Waals surface area contributed by atoms with Crippen molar-refractivity contribution in [1.29, 1.82) is 0 Å². The van der Waals surface area contributed by atoms with Crippen LogP contribution in [0.2, 0.25) is 0 Å². The van der Waals surface area contributed by atoms with Gasteiger partial charge in [0.15, 0.2) is 0 Å². The smallest absolute Gasteiger partial charge is 0.0492 e. The highest BCUT2D eigenvalue weighted by atomic mass is 16.3. The van der Waals surface area contributed by atoms with Gasteiger partial charge in [-0.1, -0.05) is 26.2 Å². The number of hydrogen-bond donors (Lipinski definition) is 1. The van der Waals surface area contributed by atoms with Crippen LogP contribution in [0, 0.1) is 17.3 Å². The highest BCUT2D eigenvalue weighted by molar-refractivity contribution is 4.96. The summed E-state index contributed by atoms with van der Waals surface area (Å²) in [5.41, 5.74) is 0.330. The van der Waals surface area contributed by atoms with Gasteiger partial charge in [0.2, 0.25) is 0 Å². The van der Waals surface area contributed by atoms with Crippen LogP contribution in [0.1, 0.15) is 51.9 Å². The van der Waals surface area contributed by atoms with Gasteiger partial charge in [-0.05, 0) is 42.9 Å². The Morgan fingerprint density at radius 2 is 2.00 bits per heavy atom.